The maximum atomic E-state index is 12.5. The van der Waals surface area contributed by atoms with Gasteiger partial charge in [-0.2, -0.15) is 0 Å². The quantitative estimate of drug-likeness (QED) is 0.765. The Balaban J connectivity index is 2.14. The minimum Gasteiger partial charge on any atom is -0.465 e. The third-order valence-corrected chi connectivity index (χ3v) is 4.03. The molecule has 7 heteroatoms. The molecule has 2 heterocycles. The van der Waals surface area contributed by atoms with Gasteiger partial charge in [0.05, 0.1) is 30.1 Å². The first kappa shape index (κ1) is 19.0. The molecule has 0 radical (unpaired) electrons. The van der Waals surface area contributed by atoms with Crippen molar-refractivity contribution in [3.63, 3.8) is 0 Å². The number of carbonyl (C=O) groups is 2. The van der Waals surface area contributed by atoms with Crippen LogP contribution in [0.1, 0.15) is 45.0 Å². The summed E-state index contributed by atoms with van der Waals surface area (Å²) in [6.45, 7) is 11.4. The number of aromatic nitrogens is 1. The molecule has 1 saturated heterocycles. The second kappa shape index (κ2) is 6.90. The lowest BCUT2D eigenvalue weighted by Crippen LogP contribution is -2.61. The van der Waals surface area contributed by atoms with Crippen molar-refractivity contribution in [1.29, 1.82) is 0 Å². The van der Waals surface area contributed by atoms with E-state index in [4.69, 9.17) is 9.47 Å². The Morgan fingerprint density at radius 3 is 2.44 bits per heavy atom. The molecule has 25 heavy (non-hydrogen) atoms. The smallest absolute Gasteiger partial charge is 0.410 e. The molecule has 138 valence electrons. The van der Waals surface area contributed by atoms with Crippen molar-refractivity contribution < 1.29 is 19.1 Å². The summed E-state index contributed by atoms with van der Waals surface area (Å²) in [6, 6.07) is 1.76. The number of methoxy groups -OCH3 is 1. The third-order valence-electron chi connectivity index (χ3n) is 4.03. The summed E-state index contributed by atoms with van der Waals surface area (Å²) in [7, 11) is 1.34. The Kier molecular flexibility index (Phi) is 5.25. The number of nitrogens with zero attached hydrogens (tertiary/aromatic N) is 3. The fraction of sp³-hybridized carbons (Fsp3) is 0.611. The van der Waals surface area contributed by atoms with Crippen molar-refractivity contribution in [2.24, 2.45) is 0 Å². The Labute approximate surface area is 148 Å². The van der Waals surface area contributed by atoms with Crippen LogP contribution in [-0.4, -0.2) is 59.8 Å². The average Bonchev–Trinajstić information content (AvgIpc) is 2.51. The molecule has 1 aromatic heterocycles. The molecule has 0 aliphatic carbocycles. The average molecular weight is 349 g/mol. The topological polar surface area (TPSA) is 72.0 Å². The number of ether oxygens (including phenoxy) is 2. The van der Waals surface area contributed by atoms with Crippen molar-refractivity contribution in [3.8, 4) is 0 Å². The van der Waals surface area contributed by atoms with Gasteiger partial charge in [0.15, 0.2) is 0 Å². The number of rotatable bonds is 2. The van der Waals surface area contributed by atoms with Crippen LogP contribution in [0.3, 0.4) is 0 Å². The molecule has 0 unspecified atom stereocenters. The highest BCUT2D eigenvalue weighted by molar-refractivity contribution is 5.90. The summed E-state index contributed by atoms with van der Waals surface area (Å²) < 4.78 is 10.3. The first-order chi connectivity index (χ1) is 11.5. The highest BCUT2D eigenvalue weighted by Crippen LogP contribution is 2.27. The van der Waals surface area contributed by atoms with Gasteiger partial charge in [-0.15, -0.1) is 0 Å². The fourth-order valence-corrected chi connectivity index (χ4v) is 2.86. The molecule has 1 aliphatic heterocycles. The Morgan fingerprint density at radius 1 is 1.20 bits per heavy atom. The van der Waals surface area contributed by atoms with Crippen LogP contribution in [0.25, 0.3) is 0 Å². The Bertz CT molecular complexity index is 652. The van der Waals surface area contributed by atoms with Crippen LogP contribution in [0.2, 0.25) is 0 Å². The summed E-state index contributed by atoms with van der Waals surface area (Å²) in [5, 5.41) is 0. The maximum Gasteiger partial charge on any atom is 0.410 e. The van der Waals surface area contributed by atoms with Crippen LogP contribution in [0.4, 0.5) is 10.5 Å². The number of carbonyl (C=O) groups excluding carboxylic acids is 2. The monoisotopic (exact) mass is 349 g/mol. The predicted molar refractivity (Wildman–Crippen MR) is 94.8 cm³/mol. The number of pyridine rings is 1. The molecule has 0 bridgehead atoms. The Morgan fingerprint density at radius 2 is 1.88 bits per heavy atom. The Hall–Kier alpha value is -2.31. The van der Waals surface area contributed by atoms with E-state index >= 15 is 0 Å². The van der Waals surface area contributed by atoms with Gasteiger partial charge >= 0.3 is 12.1 Å². The number of piperazine rings is 1. The SMILES string of the molecule is COC(=O)c1cncc(N2CCN(C(=O)OC(C)(C)C)C(C)(C)C2)c1. The molecule has 2 rings (SSSR count). The largest absolute Gasteiger partial charge is 0.465 e. The summed E-state index contributed by atoms with van der Waals surface area (Å²) in [5.74, 6) is -0.416. The van der Waals surface area contributed by atoms with Crippen LogP contribution < -0.4 is 4.90 Å². The van der Waals surface area contributed by atoms with Gasteiger partial charge < -0.3 is 14.4 Å². The fourth-order valence-electron chi connectivity index (χ4n) is 2.86. The van der Waals surface area contributed by atoms with E-state index in [1.165, 1.54) is 13.3 Å². The van der Waals surface area contributed by atoms with E-state index in [0.29, 0.717) is 25.2 Å². The van der Waals surface area contributed by atoms with Gasteiger partial charge in [-0.3, -0.25) is 9.88 Å². The molecule has 0 atom stereocenters. The number of amides is 1. The molecular formula is C18H27N3O4. The van der Waals surface area contributed by atoms with Gasteiger partial charge in [-0.25, -0.2) is 9.59 Å². The van der Waals surface area contributed by atoms with Gasteiger partial charge in [0.1, 0.15) is 5.60 Å². The number of esters is 1. The molecule has 0 aromatic carbocycles. The second-order valence-corrected chi connectivity index (χ2v) is 7.79. The van der Waals surface area contributed by atoms with Crippen LogP contribution in [0, 0.1) is 0 Å². The summed E-state index contributed by atoms with van der Waals surface area (Å²) in [6.07, 6.45) is 2.89. The van der Waals surface area contributed by atoms with Crippen molar-refractivity contribution in [3.05, 3.63) is 24.0 Å². The van der Waals surface area contributed by atoms with E-state index in [1.54, 1.807) is 17.2 Å². The van der Waals surface area contributed by atoms with Crippen LogP contribution >= 0.6 is 0 Å². The van der Waals surface area contributed by atoms with E-state index in [0.717, 1.165) is 5.69 Å². The zero-order chi connectivity index (χ0) is 18.8. The normalized spacial score (nSPS) is 17.2. The molecule has 1 aromatic rings. The van der Waals surface area contributed by atoms with Gasteiger partial charge in [0.2, 0.25) is 0 Å². The standard InChI is InChI=1S/C18H27N3O4/c1-17(2,3)25-16(23)21-8-7-20(12-18(21,4)5)14-9-13(10-19-11-14)15(22)24-6/h9-11H,7-8,12H2,1-6H3. The minimum absolute atomic E-state index is 0.307. The molecule has 0 spiro atoms. The molecule has 1 aliphatic rings. The first-order valence-corrected chi connectivity index (χ1v) is 8.32. The highest BCUT2D eigenvalue weighted by atomic mass is 16.6. The van der Waals surface area contributed by atoms with E-state index in [1.807, 2.05) is 34.6 Å². The van der Waals surface area contributed by atoms with Crippen molar-refractivity contribution in [2.75, 3.05) is 31.6 Å². The number of anilines is 1. The molecule has 0 saturated carbocycles. The lowest BCUT2D eigenvalue weighted by molar-refractivity contribution is 0.000367. The zero-order valence-corrected chi connectivity index (χ0v) is 15.8. The third kappa shape index (κ3) is 4.61. The molecule has 7 nitrogen and oxygen atoms in total. The van der Waals surface area contributed by atoms with Gasteiger partial charge in [-0.1, -0.05) is 0 Å². The zero-order valence-electron chi connectivity index (χ0n) is 15.8. The second-order valence-electron chi connectivity index (χ2n) is 7.79. The lowest BCUT2D eigenvalue weighted by Gasteiger charge is -2.47. The summed E-state index contributed by atoms with van der Waals surface area (Å²) in [5.41, 5.74) is 0.303. The van der Waals surface area contributed by atoms with E-state index in [2.05, 4.69) is 9.88 Å². The number of hydrogen-bond acceptors (Lipinski definition) is 6. The highest BCUT2D eigenvalue weighted by Gasteiger charge is 2.39. The van der Waals surface area contributed by atoms with E-state index in [-0.39, 0.29) is 6.09 Å². The van der Waals surface area contributed by atoms with Gasteiger partial charge in [0.25, 0.3) is 0 Å². The summed E-state index contributed by atoms with van der Waals surface area (Å²) >= 11 is 0. The van der Waals surface area contributed by atoms with Crippen LogP contribution in [-0.2, 0) is 9.47 Å². The van der Waals surface area contributed by atoms with Crippen molar-refractivity contribution in [2.45, 2.75) is 45.8 Å². The lowest BCUT2D eigenvalue weighted by atomic mass is 9.99. The summed E-state index contributed by atoms with van der Waals surface area (Å²) in [4.78, 5) is 32.2. The number of hydrogen-bond donors (Lipinski definition) is 0. The maximum absolute atomic E-state index is 12.5. The van der Waals surface area contributed by atoms with Crippen molar-refractivity contribution in [1.82, 2.24) is 9.88 Å². The van der Waals surface area contributed by atoms with Gasteiger partial charge in [-0.05, 0) is 40.7 Å². The van der Waals surface area contributed by atoms with Gasteiger partial charge in [0, 0.05) is 25.8 Å². The molecule has 0 N–H and O–H groups in total. The van der Waals surface area contributed by atoms with E-state index in [9.17, 15) is 9.59 Å². The van der Waals surface area contributed by atoms with Crippen LogP contribution in [0.15, 0.2) is 18.5 Å². The van der Waals surface area contributed by atoms with E-state index < -0.39 is 17.1 Å². The minimum atomic E-state index is -0.525. The molecule has 1 amide bonds. The molecular weight excluding hydrogens is 322 g/mol. The van der Waals surface area contributed by atoms with Crippen molar-refractivity contribution >= 4 is 17.7 Å². The predicted octanol–water partition coefficient (Wildman–Crippen LogP) is 2.70. The first-order valence-electron chi connectivity index (χ1n) is 8.32. The van der Waals surface area contributed by atoms with Crippen LogP contribution in [0.5, 0.6) is 0 Å². The molecule has 1 fully saturated rings.